The van der Waals surface area contributed by atoms with Gasteiger partial charge in [0.1, 0.15) is 0 Å². The van der Waals surface area contributed by atoms with Crippen molar-refractivity contribution in [3.8, 4) is 0 Å². The SMILES string of the molecule is Cc1ccc(Cc2ccc([N+](=O)[O-])cc2)c(C)c1. The standard InChI is InChI=1S/C15H15NO2/c1-11-3-6-14(12(2)9-11)10-13-4-7-15(8-5-13)16(17)18/h3-9H,10H2,1-2H3. The van der Waals surface area contributed by atoms with E-state index in [-0.39, 0.29) is 10.6 Å². The second kappa shape index (κ2) is 5.00. The molecule has 0 fully saturated rings. The van der Waals surface area contributed by atoms with Crippen LogP contribution < -0.4 is 0 Å². The molecular weight excluding hydrogens is 226 g/mol. The first-order chi connectivity index (χ1) is 8.56. The Kier molecular flexibility index (Phi) is 3.42. The Labute approximate surface area is 106 Å². The molecule has 0 unspecified atom stereocenters. The van der Waals surface area contributed by atoms with Crippen LogP contribution in [0.2, 0.25) is 0 Å². The molecule has 0 amide bonds. The second-order valence-electron chi connectivity index (χ2n) is 4.53. The van der Waals surface area contributed by atoms with Crippen molar-refractivity contribution in [3.05, 3.63) is 74.8 Å². The highest BCUT2D eigenvalue weighted by Crippen LogP contribution is 2.18. The van der Waals surface area contributed by atoms with Crippen molar-refractivity contribution in [2.75, 3.05) is 0 Å². The summed E-state index contributed by atoms with van der Waals surface area (Å²) in [5.74, 6) is 0. The van der Waals surface area contributed by atoms with E-state index in [1.807, 2.05) is 12.1 Å². The molecule has 2 aromatic rings. The highest BCUT2D eigenvalue weighted by Gasteiger charge is 2.05. The minimum absolute atomic E-state index is 0.138. The molecule has 0 spiro atoms. The van der Waals surface area contributed by atoms with Gasteiger partial charge in [0.15, 0.2) is 0 Å². The Morgan fingerprint density at radius 2 is 1.72 bits per heavy atom. The van der Waals surface area contributed by atoms with Crippen molar-refractivity contribution < 1.29 is 4.92 Å². The Morgan fingerprint density at radius 3 is 2.28 bits per heavy atom. The van der Waals surface area contributed by atoms with Crippen LogP contribution in [0.25, 0.3) is 0 Å². The van der Waals surface area contributed by atoms with Gasteiger partial charge in [-0.2, -0.15) is 0 Å². The third-order valence-corrected chi connectivity index (χ3v) is 3.04. The molecule has 3 nitrogen and oxygen atoms in total. The fraction of sp³-hybridized carbons (Fsp3) is 0.200. The fourth-order valence-electron chi connectivity index (χ4n) is 2.00. The lowest BCUT2D eigenvalue weighted by Crippen LogP contribution is -1.93. The molecule has 2 rings (SSSR count). The predicted molar refractivity (Wildman–Crippen MR) is 71.8 cm³/mol. The van der Waals surface area contributed by atoms with Crippen molar-refractivity contribution in [2.45, 2.75) is 20.3 Å². The van der Waals surface area contributed by atoms with E-state index in [1.165, 1.54) is 16.7 Å². The van der Waals surface area contributed by atoms with E-state index < -0.39 is 0 Å². The first kappa shape index (κ1) is 12.3. The molecule has 2 aromatic carbocycles. The first-order valence-corrected chi connectivity index (χ1v) is 5.86. The van der Waals surface area contributed by atoms with Gasteiger partial charge < -0.3 is 0 Å². The van der Waals surface area contributed by atoms with Gasteiger partial charge in [0.05, 0.1) is 4.92 Å². The highest BCUT2D eigenvalue weighted by molar-refractivity contribution is 5.38. The van der Waals surface area contributed by atoms with Gasteiger partial charge in [-0.1, -0.05) is 35.9 Å². The van der Waals surface area contributed by atoms with Gasteiger partial charge in [-0.25, -0.2) is 0 Å². The lowest BCUT2D eigenvalue weighted by Gasteiger charge is -2.07. The summed E-state index contributed by atoms with van der Waals surface area (Å²) in [5, 5.41) is 10.6. The Balaban J connectivity index is 2.21. The molecule has 92 valence electrons. The van der Waals surface area contributed by atoms with E-state index in [1.54, 1.807) is 12.1 Å². The van der Waals surface area contributed by atoms with Gasteiger partial charge in [-0.15, -0.1) is 0 Å². The molecule has 0 atom stereocenters. The van der Waals surface area contributed by atoms with E-state index in [4.69, 9.17) is 0 Å². The summed E-state index contributed by atoms with van der Waals surface area (Å²) in [6.45, 7) is 4.16. The number of aryl methyl sites for hydroxylation is 2. The minimum atomic E-state index is -0.374. The summed E-state index contributed by atoms with van der Waals surface area (Å²) >= 11 is 0. The molecule has 0 heterocycles. The maximum atomic E-state index is 10.6. The second-order valence-corrected chi connectivity index (χ2v) is 4.53. The van der Waals surface area contributed by atoms with Crippen LogP contribution in [0.3, 0.4) is 0 Å². The number of nitro benzene ring substituents is 1. The number of nitro groups is 1. The number of hydrogen-bond donors (Lipinski definition) is 0. The lowest BCUT2D eigenvalue weighted by atomic mass is 9.99. The normalized spacial score (nSPS) is 10.3. The zero-order valence-corrected chi connectivity index (χ0v) is 10.5. The van der Waals surface area contributed by atoms with Gasteiger partial charge in [0.2, 0.25) is 0 Å². The van der Waals surface area contributed by atoms with Crippen LogP contribution in [0.4, 0.5) is 5.69 Å². The Bertz CT molecular complexity index is 574. The third kappa shape index (κ3) is 2.74. The quantitative estimate of drug-likeness (QED) is 0.606. The summed E-state index contributed by atoms with van der Waals surface area (Å²) in [6.07, 6.45) is 0.810. The first-order valence-electron chi connectivity index (χ1n) is 5.86. The molecular formula is C15H15NO2. The van der Waals surface area contributed by atoms with E-state index >= 15 is 0 Å². The fourth-order valence-corrected chi connectivity index (χ4v) is 2.00. The van der Waals surface area contributed by atoms with Gasteiger partial charge in [0, 0.05) is 12.1 Å². The van der Waals surface area contributed by atoms with Crippen LogP contribution in [0.1, 0.15) is 22.3 Å². The topological polar surface area (TPSA) is 43.1 Å². The molecule has 3 heteroatoms. The summed E-state index contributed by atoms with van der Waals surface area (Å²) < 4.78 is 0. The van der Waals surface area contributed by atoms with Gasteiger partial charge >= 0.3 is 0 Å². The largest absolute Gasteiger partial charge is 0.269 e. The molecule has 18 heavy (non-hydrogen) atoms. The molecule has 0 N–H and O–H groups in total. The summed E-state index contributed by atoms with van der Waals surface area (Å²) in [5.41, 5.74) is 5.00. The molecule has 0 aliphatic carbocycles. The molecule has 0 bridgehead atoms. The maximum Gasteiger partial charge on any atom is 0.269 e. The monoisotopic (exact) mass is 241 g/mol. The van der Waals surface area contributed by atoms with Gasteiger partial charge in [-0.3, -0.25) is 10.1 Å². The zero-order chi connectivity index (χ0) is 13.1. The van der Waals surface area contributed by atoms with Crippen LogP contribution in [-0.4, -0.2) is 4.92 Å². The van der Waals surface area contributed by atoms with E-state index in [0.29, 0.717) is 0 Å². The lowest BCUT2D eigenvalue weighted by molar-refractivity contribution is -0.384. The Hall–Kier alpha value is -2.16. The maximum absolute atomic E-state index is 10.6. The summed E-state index contributed by atoms with van der Waals surface area (Å²) in [4.78, 5) is 10.2. The third-order valence-electron chi connectivity index (χ3n) is 3.04. The van der Waals surface area contributed by atoms with Crippen molar-refractivity contribution in [2.24, 2.45) is 0 Å². The number of benzene rings is 2. The highest BCUT2D eigenvalue weighted by atomic mass is 16.6. The van der Waals surface area contributed by atoms with Crippen LogP contribution >= 0.6 is 0 Å². The van der Waals surface area contributed by atoms with Crippen LogP contribution in [0, 0.1) is 24.0 Å². The van der Waals surface area contributed by atoms with Crippen LogP contribution in [0.5, 0.6) is 0 Å². The molecule has 0 saturated heterocycles. The molecule has 0 saturated carbocycles. The minimum Gasteiger partial charge on any atom is -0.258 e. The van der Waals surface area contributed by atoms with Crippen molar-refractivity contribution in [3.63, 3.8) is 0 Å². The summed E-state index contributed by atoms with van der Waals surface area (Å²) in [7, 11) is 0. The van der Waals surface area contributed by atoms with Crippen molar-refractivity contribution in [1.29, 1.82) is 0 Å². The molecule has 0 aromatic heterocycles. The van der Waals surface area contributed by atoms with E-state index in [0.717, 1.165) is 12.0 Å². The number of hydrogen-bond acceptors (Lipinski definition) is 2. The number of non-ortho nitro benzene ring substituents is 1. The molecule has 0 radical (unpaired) electrons. The van der Waals surface area contributed by atoms with E-state index in [2.05, 4.69) is 32.0 Å². The molecule has 0 aliphatic heterocycles. The van der Waals surface area contributed by atoms with Gasteiger partial charge in [-0.05, 0) is 37.0 Å². The average Bonchev–Trinajstić information content (AvgIpc) is 2.33. The average molecular weight is 241 g/mol. The summed E-state index contributed by atoms with van der Waals surface area (Å²) in [6, 6.07) is 13.1. The zero-order valence-electron chi connectivity index (χ0n) is 10.5. The Morgan fingerprint density at radius 1 is 1.06 bits per heavy atom. The van der Waals surface area contributed by atoms with E-state index in [9.17, 15) is 10.1 Å². The number of nitrogens with zero attached hydrogens (tertiary/aromatic N) is 1. The van der Waals surface area contributed by atoms with Gasteiger partial charge in [0.25, 0.3) is 5.69 Å². The smallest absolute Gasteiger partial charge is 0.258 e. The predicted octanol–water partition coefficient (Wildman–Crippen LogP) is 3.80. The number of rotatable bonds is 3. The van der Waals surface area contributed by atoms with Crippen molar-refractivity contribution in [1.82, 2.24) is 0 Å². The van der Waals surface area contributed by atoms with Crippen molar-refractivity contribution >= 4 is 5.69 Å². The molecule has 0 aliphatic rings. The van der Waals surface area contributed by atoms with Crippen LogP contribution in [0.15, 0.2) is 42.5 Å². The van der Waals surface area contributed by atoms with Crippen LogP contribution in [-0.2, 0) is 6.42 Å².